The summed E-state index contributed by atoms with van der Waals surface area (Å²) in [6.45, 7) is 16.1. The van der Waals surface area contributed by atoms with Gasteiger partial charge in [0.15, 0.2) is 0 Å². The second-order valence-corrected chi connectivity index (χ2v) is 5.33. The Morgan fingerprint density at radius 3 is 2.50 bits per heavy atom. The van der Waals surface area contributed by atoms with Crippen molar-refractivity contribution in [2.75, 3.05) is 0 Å². The maximum absolute atomic E-state index is 5.98. The molecule has 0 aromatic rings. The minimum absolute atomic E-state index is 0.0163. The van der Waals surface area contributed by atoms with Gasteiger partial charge in [0.05, 0.1) is 0 Å². The molecule has 0 amide bonds. The van der Waals surface area contributed by atoms with Gasteiger partial charge in [-0.3, -0.25) is 0 Å². The van der Waals surface area contributed by atoms with Crippen molar-refractivity contribution in [3.05, 3.63) is 72.3 Å². The van der Waals surface area contributed by atoms with Crippen molar-refractivity contribution in [2.45, 2.75) is 27.7 Å². The summed E-state index contributed by atoms with van der Waals surface area (Å²) in [6, 6.07) is 0. The summed E-state index contributed by atoms with van der Waals surface area (Å²) in [7, 11) is 0. The van der Waals surface area contributed by atoms with E-state index in [9.17, 15) is 0 Å². The van der Waals surface area contributed by atoms with Gasteiger partial charge in [-0.25, -0.2) is 0 Å². The summed E-state index contributed by atoms with van der Waals surface area (Å²) >= 11 is 0. The van der Waals surface area contributed by atoms with Crippen LogP contribution in [-0.2, 0) is 4.74 Å². The largest absolute Gasteiger partial charge is 0.465 e. The highest BCUT2D eigenvalue weighted by Crippen LogP contribution is 2.31. The van der Waals surface area contributed by atoms with E-state index in [0.717, 1.165) is 22.7 Å². The van der Waals surface area contributed by atoms with Crippen molar-refractivity contribution in [1.29, 1.82) is 0 Å². The van der Waals surface area contributed by atoms with Crippen LogP contribution in [0.15, 0.2) is 72.3 Å². The Hall–Kier alpha value is -1.76. The second-order valence-electron chi connectivity index (χ2n) is 5.33. The monoisotopic (exact) mass is 242 g/mol. The van der Waals surface area contributed by atoms with Gasteiger partial charge in [0.25, 0.3) is 0 Å². The predicted octanol–water partition coefficient (Wildman–Crippen LogP) is 5.08. The number of allylic oxidation sites excluding steroid dienone is 10. The molecule has 0 bridgehead atoms. The van der Waals surface area contributed by atoms with Gasteiger partial charge >= 0.3 is 0 Å². The molecule has 0 aliphatic carbocycles. The number of rotatable bonds is 2. The summed E-state index contributed by atoms with van der Waals surface area (Å²) < 4.78 is 5.98. The highest BCUT2D eigenvalue weighted by atomic mass is 16.5. The van der Waals surface area contributed by atoms with Gasteiger partial charge in [-0.15, -0.1) is 0 Å². The third-order valence-electron chi connectivity index (χ3n) is 2.67. The molecule has 0 radical (unpaired) electrons. The molecule has 1 rings (SSSR count). The van der Waals surface area contributed by atoms with Crippen LogP contribution in [0.3, 0.4) is 0 Å². The Morgan fingerprint density at radius 2 is 1.94 bits per heavy atom. The Balaban J connectivity index is 3.21. The van der Waals surface area contributed by atoms with Gasteiger partial charge in [0.1, 0.15) is 11.5 Å². The molecule has 0 atom stereocenters. The molecule has 0 unspecified atom stereocenters. The summed E-state index contributed by atoms with van der Waals surface area (Å²) in [4.78, 5) is 0. The van der Waals surface area contributed by atoms with Gasteiger partial charge in [-0.2, -0.15) is 0 Å². The average Bonchev–Trinajstić information content (AvgIpc) is 2.25. The van der Waals surface area contributed by atoms with Gasteiger partial charge in [0, 0.05) is 11.0 Å². The maximum Gasteiger partial charge on any atom is 0.109 e. The maximum atomic E-state index is 5.98. The normalized spacial score (nSPS) is 26.0. The van der Waals surface area contributed by atoms with Gasteiger partial charge in [-0.05, 0) is 18.6 Å². The molecule has 0 saturated carbocycles. The first kappa shape index (κ1) is 14.3. The predicted molar refractivity (Wildman–Crippen MR) is 78.9 cm³/mol. The Labute approximate surface area is 111 Å². The van der Waals surface area contributed by atoms with E-state index in [1.165, 1.54) is 0 Å². The fraction of sp³-hybridized carbons (Fsp3) is 0.294. The average molecular weight is 242 g/mol. The molecule has 0 fully saturated rings. The zero-order chi connectivity index (χ0) is 13.8. The van der Waals surface area contributed by atoms with E-state index in [2.05, 4.69) is 33.9 Å². The molecule has 1 heterocycles. The fourth-order valence-electron chi connectivity index (χ4n) is 1.61. The molecule has 0 spiro atoms. The number of hydrogen-bond acceptors (Lipinski definition) is 1. The van der Waals surface area contributed by atoms with Crippen molar-refractivity contribution < 1.29 is 4.74 Å². The fourth-order valence-corrected chi connectivity index (χ4v) is 1.61. The summed E-state index contributed by atoms with van der Waals surface area (Å²) in [5.74, 6) is 1.82. The van der Waals surface area contributed by atoms with E-state index in [4.69, 9.17) is 4.74 Å². The Morgan fingerprint density at radius 1 is 1.28 bits per heavy atom. The molecule has 18 heavy (non-hydrogen) atoms. The van der Waals surface area contributed by atoms with Crippen LogP contribution >= 0.6 is 0 Å². The van der Waals surface area contributed by atoms with Crippen LogP contribution in [-0.4, -0.2) is 0 Å². The Bertz CT molecular complexity index is 462. The van der Waals surface area contributed by atoms with E-state index in [1.807, 2.05) is 37.3 Å². The standard InChI is InChI=1S/C17H22O/c1-7-8-11-15-13(2)10-9-12-16(17(4,5)6)18-14(15)3/h7-12H,1-2H2,3-6H3/b10-9-,11-8-,15-14-,16-12-. The van der Waals surface area contributed by atoms with Crippen LogP contribution in [0.5, 0.6) is 0 Å². The van der Waals surface area contributed by atoms with E-state index >= 15 is 0 Å². The molecular weight excluding hydrogens is 220 g/mol. The summed E-state index contributed by atoms with van der Waals surface area (Å²) in [5, 5.41) is 0. The Kier molecular flexibility index (Phi) is 4.55. The first-order valence-electron chi connectivity index (χ1n) is 6.12. The van der Waals surface area contributed by atoms with Crippen LogP contribution in [0, 0.1) is 5.41 Å². The zero-order valence-corrected chi connectivity index (χ0v) is 11.8. The van der Waals surface area contributed by atoms with Crippen molar-refractivity contribution in [3.8, 4) is 0 Å². The third kappa shape index (κ3) is 3.63. The zero-order valence-electron chi connectivity index (χ0n) is 11.8. The molecule has 1 aliphatic rings. The van der Waals surface area contributed by atoms with E-state index in [1.54, 1.807) is 6.08 Å². The second kappa shape index (κ2) is 5.72. The minimum atomic E-state index is -0.0163. The van der Waals surface area contributed by atoms with E-state index in [-0.39, 0.29) is 5.41 Å². The lowest BCUT2D eigenvalue weighted by atomic mass is 9.92. The molecule has 96 valence electrons. The van der Waals surface area contributed by atoms with Crippen LogP contribution in [0.2, 0.25) is 0 Å². The highest BCUT2D eigenvalue weighted by Gasteiger charge is 2.20. The lowest BCUT2D eigenvalue weighted by Gasteiger charge is -2.25. The summed E-state index contributed by atoms with van der Waals surface area (Å²) in [6.07, 6.45) is 11.6. The van der Waals surface area contributed by atoms with Crippen molar-refractivity contribution in [2.24, 2.45) is 5.41 Å². The lowest BCUT2D eigenvalue weighted by Crippen LogP contribution is -2.13. The molecule has 0 aromatic heterocycles. The third-order valence-corrected chi connectivity index (χ3v) is 2.67. The van der Waals surface area contributed by atoms with E-state index < -0.39 is 0 Å². The molecule has 1 nitrogen and oxygen atoms in total. The van der Waals surface area contributed by atoms with Crippen LogP contribution in [0.4, 0.5) is 0 Å². The summed E-state index contributed by atoms with van der Waals surface area (Å²) in [5.41, 5.74) is 1.92. The molecular formula is C17H22O. The topological polar surface area (TPSA) is 9.23 Å². The lowest BCUT2D eigenvalue weighted by molar-refractivity contribution is 0.217. The molecule has 1 heteroatoms. The van der Waals surface area contributed by atoms with E-state index in [0.29, 0.717) is 0 Å². The van der Waals surface area contributed by atoms with Gasteiger partial charge in [0.2, 0.25) is 0 Å². The van der Waals surface area contributed by atoms with Gasteiger partial charge < -0.3 is 4.74 Å². The quantitative estimate of drug-likeness (QED) is 0.614. The minimum Gasteiger partial charge on any atom is -0.465 e. The highest BCUT2D eigenvalue weighted by molar-refractivity contribution is 5.48. The smallest absolute Gasteiger partial charge is 0.109 e. The number of ether oxygens (including phenoxy) is 1. The SMILES string of the molecule is C=C/C=C\C1=C(/C)O/C(C(C)(C)C)=C\C=C/C1=C. The van der Waals surface area contributed by atoms with Crippen molar-refractivity contribution in [3.63, 3.8) is 0 Å². The van der Waals surface area contributed by atoms with Crippen LogP contribution in [0.25, 0.3) is 0 Å². The first-order valence-corrected chi connectivity index (χ1v) is 6.12. The number of hydrogen-bond donors (Lipinski definition) is 0. The van der Waals surface area contributed by atoms with Crippen molar-refractivity contribution in [1.82, 2.24) is 0 Å². The molecule has 0 saturated heterocycles. The van der Waals surface area contributed by atoms with Crippen LogP contribution in [0.1, 0.15) is 27.7 Å². The molecule has 1 aliphatic heterocycles. The molecule has 0 N–H and O–H groups in total. The van der Waals surface area contributed by atoms with Gasteiger partial charge in [-0.1, -0.05) is 64.3 Å². The van der Waals surface area contributed by atoms with Crippen LogP contribution < -0.4 is 0 Å². The van der Waals surface area contributed by atoms with Crippen molar-refractivity contribution >= 4 is 0 Å². The first-order chi connectivity index (χ1) is 8.36. The molecule has 0 aromatic carbocycles.